The second-order valence-electron chi connectivity index (χ2n) is 10.3. The minimum absolute atomic E-state index is 0.172. The van der Waals surface area contributed by atoms with Crippen LogP contribution in [0, 0.1) is 6.92 Å². The highest BCUT2D eigenvalue weighted by molar-refractivity contribution is 6.32. The van der Waals surface area contributed by atoms with E-state index >= 15 is 0 Å². The molecular formula is C29H35ClN4O2. The minimum atomic E-state index is -0.172. The highest BCUT2D eigenvalue weighted by Gasteiger charge is 2.25. The average Bonchev–Trinajstić information content (AvgIpc) is 2.84. The van der Waals surface area contributed by atoms with Gasteiger partial charge in [-0.3, -0.25) is 19.6 Å². The number of amides is 1. The molecule has 1 aliphatic heterocycles. The second kappa shape index (κ2) is 11.4. The summed E-state index contributed by atoms with van der Waals surface area (Å²) in [6.45, 7) is 14.3. The number of hydrogen-bond acceptors (Lipinski definition) is 5. The van der Waals surface area contributed by atoms with Crippen molar-refractivity contribution in [2.24, 2.45) is 0 Å². The number of anilines is 1. The Labute approximate surface area is 219 Å². The summed E-state index contributed by atoms with van der Waals surface area (Å²) in [4.78, 5) is 22.2. The SMILES string of the molecule is Cc1cccc(COc2ccc(NC(=O)c3ccc(CN4CCN(C(C)(C)C)CC4)cc3)cc2Cl)n1. The number of hydrogen-bond donors (Lipinski definition) is 1. The molecule has 2 heterocycles. The summed E-state index contributed by atoms with van der Waals surface area (Å²) >= 11 is 6.40. The number of carbonyl (C=O) groups is 1. The van der Waals surface area contributed by atoms with Crippen molar-refractivity contribution in [3.63, 3.8) is 0 Å². The standard InChI is InChI=1S/C29H35ClN4O2/c1-21-6-5-7-25(31-21)20-36-27-13-12-24(18-26(27)30)32-28(35)23-10-8-22(9-11-23)19-33-14-16-34(17-15-33)29(2,3)4/h5-13,18H,14-17,19-20H2,1-4H3,(H,32,35). The fourth-order valence-electron chi connectivity index (χ4n) is 4.33. The summed E-state index contributed by atoms with van der Waals surface area (Å²) in [5, 5.41) is 3.35. The van der Waals surface area contributed by atoms with Gasteiger partial charge in [-0.1, -0.05) is 29.8 Å². The molecule has 7 heteroatoms. The third-order valence-electron chi connectivity index (χ3n) is 6.45. The fourth-order valence-corrected chi connectivity index (χ4v) is 4.56. The Morgan fingerprint density at radius 3 is 2.39 bits per heavy atom. The number of aryl methyl sites for hydroxylation is 1. The molecule has 0 bridgehead atoms. The molecule has 4 rings (SSSR count). The van der Waals surface area contributed by atoms with E-state index in [4.69, 9.17) is 16.3 Å². The Kier molecular flexibility index (Phi) is 8.29. The molecule has 0 spiro atoms. The van der Waals surface area contributed by atoms with E-state index in [1.54, 1.807) is 18.2 Å². The first kappa shape index (κ1) is 26.1. The van der Waals surface area contributed by atoms with Gasteiger partial charge in [0.2, 0.25) is 0 Å². The summed E-state index contributed by atoms with van der Waals surface area (Å²) in [6, 6.07) is 18.9. The zero-order valence-electron chi connectivity index (χ0n) is 21.6. The van der Waals surface area contributed by atoms with Crippen molar-refractivity contribution >= 4 is 23.2 Å². The average molecular weight is 507 g/mol. The predicted octanol–water partition coefficient (Wildman–Crippen LogP) is 5.79. The van der Waals surface area contributed by atoms with E-state index in [-0.39, 0.29) is 11.4 Å². The number of piperazine rings is 1. The Morgan fingerprint density at radius 2 is 1.75 bits per heavy atom. The highest BCUT2D eigenvalue weighted by atomic mass is 35.5. The smallest absolute Gasteiger partial charge is 0.255 e. The Hall–Kier alpha value is -2.93. The quantitative estimate of drug-likeness (QED) is 0.439. The van der Waals surface area contributed by atoms with Crippen molar-refractivity contribution in [1.29, 1.82) is 0 Å². The van der Waals surface area contributed by atoms with E-state index < -0.39 is 0 Å². The molecule has 1 amide bonds. The second-order valence-corrected chi connectivity index (χ2v) is 10.7. The molecule has 0 unspecified atom stereocenters. The van der Waals surface area contributed by atoms with Gasteiger partial charge in [-0.05, 0) is 75.7 Å². The normalized spacial score (nSPS) is 15.0. The maximum Gasteiger partial charge on any atom is 0.255 e. The van der Waals surface area contributed by atoms with E-state index in [1.165, 1.54) is 5.56 Å². The molecule has 36 heavy (non-hydrogen) atoms. The molecule has 2 aromatic carbocycles. The number of rotatable bonds is 7. The monoisotopic (exact) mass is 506 g/mol. The molecule has 1 fully saturated rings. The molecule has 0 saturated carbocycles. The zero-order chi connectivity index (χ0) is 25.7. The molecular weight excluding hydrogens is 472 g/mol. The van der Waals surface area contributed by atoms with Crippen LogP contribution in [0.15, 0.2) is 60.7 Å². The van der Waals surface area contributed by atoms with Crippen molar-refractivity contribution in [2.75, 3.05) is 31.5 Å². The molecule has 3 aromatic rings. The van der Waals surface area contributed by atoms with Crippen LogP contribution in [0.25, 0.3) is 0 Å². The molecule has 6 nitrogen and oxygen atoms in total. The largest absolute Gasteiger partial charge is 0.486 e. The van der Waals surface area contributed by atoms with Gasteiger partial charge in [0.15, 0.2) is 0 Å². The van der Waals surface area contributed by atoms with Crippen LogP contribution in [0.5, 0.6) is 5.75 Å². The minimum Gasteiger partial charge on any atom is -0.486 e. The maximum atomic E-state index is 12.8. The van der Waals surface area contributed by atoms with Crippen LogP contribution in [0.4, 0.5) is 5.69 Å². The van der Waals surface area contributed by atoms with Crippen molar-refractivity contribution in [3.05, 3.63) is 88.2 Å². The van der Waals surface area contributed by atoms with Crippen LogP contribution in [0.2, 0.25) is 5.02 Å². The molecule has 1 saturated heterocycles. The number of nitrogens with one attached hydrogen (secondary N) is 1. The zero-order valence-corrected chi connectivity index (χ0v) is 22.3. The van der Waals surface area contributed by atoms with Crippen molar-refractivity contribution in [3.8, 4) is 5.75 Å². The highest BCUT2D eigenvalue weighted by Crippen LogP contribution is 2.28. The summed E-state index contributed by atoms with van der Waals surface area (Å²) in [5.41, 5.74) is 4.43. The lowest BCUT2D eigenvalue weighted by Gasteiger charge is -2.42. The fraction of sp³-hybridized carbons (Fsp3) is 0.379. The van der Waals surface area contributed by atoms with E-state index in [0.717, 1.165) is 44.1 Å². The van der Waals surface area contributed by atoms with E-state index in [9.17, 15) is 4.79 Å². The topological polar surface area (TPSA) is 57.7 Å². The van der Waals surface area contributed by atoms with Crippen molar-refractivity contribution in [1.82, 2.24) is 14.8 Å². The summed E-state index contributed by atoms with van der Waals surface area (Å²) < 4.78 is 5.81. The van der Waals surface area contributed by atoms with Gasteiger partial charge < -0.3 is 10.1 Å². The predicted molar refractivity (Wildman–Crippen MR) is 146 cm³/mol. The van der Waals surface area contributed by atoms with Gasteiger partial charge in [0.25, 0.3) is 5.91 Å². The lowest BCUT2D eigenvalue weighted by molar-refractivity contribution is 0.0591. The molecule has 1 aromatic heterocycles. The lowest BCUT2D eigenvalue weighted by atomic mass is 10.0. The third-order valence-corrected chi connectivity index (χ3v) is 6.75. The van der Waals surface area contributed by atoms with Gasteiger partial charge in [0.05, 0.1) is 10.7 Å². The van der Waals surface area contributed by atoms with Crippen LogP contribution in [-0.4, -0.2) is 52.4 Å². The maximum absolute atomic E-state index is 12.8. The van der Waals surface area contributed by atoms with Gasteiger partial charge >= 0.3 is 0 Å². The molecule has 1 aliphatic rings. The van der Waals surface area contributed by atoms with Crippen molar-refractivity contribution < 1.29 is 9.53 Å². The van der Waals surface area contributed by atoms with E-state index in [2.05, 4.69) is 40.9 Å². The van der Waals surface area contributed by atoms with Gasteiger partial charge in [-0.2, -0.15) is 0 Å². The van der Waals surface area contributed by atoms with Gasteiger partial charge in [0, 0.05) is 55.2 Å². The number of halogens is 1. The Balaban J connectivity index is 1.29. The third kappa shape index (κ3) is 7.06. The molecule has 1 N–H and O–H groups in total. The van der Waals surface area contributed by atoms with Gasteiger partial charge in [-0.25, -0.2) is 0 Å². The first-order valence-corrected chi connectivity index (χ1v) is 12.8. The number of pyridine rings is 1. The van der Waals surface area contributed by atoms with Crippen molar-refractivity contribution in [2.45, 2.75) is 46.4 Å². The number of aromatic nitrogens is 1. The number of ether oxygens (including phenoxy) is 1. The van der Waals surface area contributed by atoms with Gasteiger partial charge in [-0.15, -0.1) is 0 Å². The van der Waals surface area contributed by atoms with Crippen LogP contribution in [0.1, 0.15) is 48.1 Å². The van der Waals surface area contributed by atoms with Gasteiger partial charge in [0.1, 0.15) is 12.4 Å². The summed E-state index contributed by atoms with van der Waals surface area (Å²) in [6.07, 6.45) is 0. The Bertz CT molecular complexity index is 1180. The van der Waals surface area contributed by atoms with E-state index in [1.807, 2.05) is 49.4 Å². The van der Waals surface area contributed by atoms with Crippen LogP contribution in [0.3, 0.4) is 0 Å². The van der Waals surface area contributed by atoms with E-state index in [0.29, 0.717) is 28.6 Å². The molecule has 0 radical (unpaired) electrons. The summed E-state index contributed by atoms with van der Waals surface area (Å²) in [7, 11) is 0. The number of benzene rings is 2. The lowest BCUT2D eigenvalue weighted by Crippen LogP contribution is -2.53. The first-order valence-electron chi connectivity index (χ1n) is 12.4. The first-order chi connectivity index (χ1) is 17.2. The molecule has 0 atom stereocenters. The number of carbonyl (C=O) groups excluding carboxylic acids is 1. The number of nitrogens with zero attached hydrogens (tertiary/aromatic N) is 3. The molecule has 0 aliphatic carbocycles. The van der Waals surface area contributed by atoms with Crippen LogP contribution in [-0.2, 0) is 13.2 Å². The van der Waals surface area contributed by atoms with Crippen LogP contribution >= 0.6 is 11.6 Å². The Morgan fingerprint density at radius 1 is 1.03 bits per heavy atom. The van der Waals surface area contributed by atoms with Crippen LogP contribution < -0.4 is 10.1 Å². The molecule has 190 valence electrons. The summed E-state index contributed by atoms with van der Waals surface area (Å²) in [5.74, 6) is 0.375.